The van der Waals surface area contributed by atoms with E-state index < -0.39 is 66.1 Å². The van der Waals surface area contributed by atoms with Gasteiger partial charge in [-0.05, 0) is 55.7 Å². The number of halogens is 1. The molecular formula is C35H38BrN3O8. The SMILES string of the molecule is COc1ccc(N2C/C=C\CCC(=O)NC[C@H](C)OC(=O)[C@H]3[C@@H]4O[C@@]5(C=C4Br)[C@@H]3C(=O)N([C@@H](CO)Cc3ccccc3)[C@@H]5C2=O)cc1. The standard InChI is InChI=1S/C35H38BrN3O8/c1-21-19-37-27(41)11-7-4-8-16-38(23-12-14-25(45-2)15-13-23)33(43)31-35-18-26(36)30(47-35)28(34(44)46-21)29(35)32(42)39(31)24(20-40)17-22-9-5-3-6-10-22/h3-6,8-10,12-15,18,21,24,28-31,40H,7,11,16-17,19-20H2,1-2H3,(H,37,41)/b8-4-/t21-,24+,28+,29-,30+,31+,35-/m0/s1. The summed E-state index contributed by atoms with van der Waals surface area (Å²) in [5.41, 5.74) is -0.0868. The van der Waals surface area contributed by atoms with E-state index in [1.54, 1.807) is 49.3 Å². The van der Waals surface area contributed by atoms with Crippen molar-refractivity contribution in [1.29, 1.82) is 0 Å². The van der Waals surface area contributed by atoms with Crippen molar-refractivity contribution in [3.8, 4) is 5.75 Å². The summed E-state index contributed by atoms with van der Waals surface area (Å²) < 4.78 is 18.3. The summed E-state index contributed by atoms with van der Waals surface area (Å²) in [6.45, 7) is 1.49. The molecule has 2 aromatic carbocycles. The first-order valence-electron chi connectivity index (χ1n) is 15.8. The van der Waals surface area contributed by atoms with Crippen LogP contribution in [-0.4, -0.2) is 90.4 Å². The van der Waals surface area contributed by atoms with Gasteiger partial charge < -0.3 is 34.4 Å². The van der Waals surface area contributed by atoms with Crippen LogP contribution in [0.2, 0.25) is 0 Å². The lowest BCUT2D eigenvalue weighted by atomic mass is 9.74. The van der Waals surface area contributed by atoms with E-state index in [2.05, 4.69) is 21.2 Å². The van der Waals surface area contributed by atoms with E-state index in [9.17, 15) is 19.5 Å². The maximum absolute atomic E-state index is 15.1. The van der Waals surface area contributed by atoms with E-state index in [0.29, 0.717) is 22.3 Å². The minimum atomic E-state index is -1.51. The highest BCUT2D eigenvalue weighted by molar-refractivity contribution is 9.11. The van der Waals surface area contributed by atoms with Crippen molar-refractivity contribution in [2.75, 3.05) is 31.7 Å². The molecule has 5 bridgehead atoms. The molecule has 0 unspecified atom stereocenters. The molecule has 4 aliphatic heterocycles. The molecule has 0 aromatic heterocycles. The van der Waals surface area contributed by atoms with Gasteiger partial charge in [-0.15, -0.1) is 0 Å². The van der Waals surface area contributed by atoms with Gasteiger partial charge in [0, 0.05) is 23.1 Å². The zero-order valence-corrected chi connectivity index (χ0v) is 27.8. The summed E-state index contributed by atoms with van der Waals surface area (Å²) >= 11 is 3.57. The van der Waals surface area contributed by atoms with Crippen LogP contribution < -0.4 is 15.0 Å². The summed E-state index contributed by atoms with van der Waals surface area (Å²) in [6.07, 6.45) is 4.79. The number of carbonyl (C=O) groups is 4. The number of anilines is 1. The van der Waals surface area contributed by atoms with Gasteiger partial charge in [-0.2, -0.15) is 0 Å². The van der Waals surface area contributed by atoms with Crippen LogP contribution in [0.4, 0.5) is 5.69 Å². The highest BCUT2D eigenvalue weighted by Crippen LogP contribution is 2.59. The molecule has 4 heterocycles. The molecule has 2 fully saturated rings. The number of hydrogen-bond donors (Lipinski definition) is 2. The number of esters is 1. The fourth-order valence-corrected chi connectivity index (χ4v) is 7.88. The first-order valence-corrected chi connectivity index (χ1v) is 16.6. The van der Waals surface area contributed by atoms with Gasteiger partial charge in [0.1, 0.15) is 35.5 Å². The van der Waals surface area contributed by atoms with Crippen LogP contribution in [0.1, 0.15) is 25.3 Å². The largest absolute Gasteiger partial charge is 0.497 e. The summed E-state index contributed by atoms with van der Waals surface area (Å²) in [5, 5.41) is 13.6. The average molecular weight is 709 g/mol. The molecule has 4 aliphatic rings. The molecule has 248 valence electrons. The Morgan fingerprint density at radius 2 is 1.81 bits per heavy atom. The zero-order valence-electron chi connectivity index (χ0n) is 26.2. The van der Waals surface area contributed by atoms with Crippen molar-refractivity contribution < 1.29 is 38.5 Å². The second-order valence-corrected chi connectivity index (χ2v) is 13.2. The second kappa shape index (κ2) is 13.6. The van der Waals surface area contributed by atoms with E-state index in [4.69, 9.17) is 14.2 Å². The van der Waals surface area contributed by atoms with E-state index in [1.807, 2.05) is 42.5 Å². The summed E-state index contributed by atoms with van der Waals surface area (Å²) in [7, 11) is 1.55. The van der Waals surface area contributed by atoms with Crippen LogP contribution in [0.3, 0.4) is 0 Å². The summed E-state index contributed by atoms with van der Waals surface area (Å²) in [5.74, 6) is -3.29. The average Bonchev–Trinajstić information content (AvgIpc) is 3.67. The third-order valence-corrected chi connectivity index (χ3v) is 10.0. The molecule has 12 heteroatoms. The van der Waals surface area contributed by atoms with Gasteiger partial charge in [-0.3, -0.25) is 19.2 Å². The van der Waals surface area contributed by atoms with Crippen LogP contribution in [0.15, 0.2) is 77.3 Å². The number of cyclic esters (lactones) is 1. The number of aliphatic hydroxyl groups is 1. The van der Waals surface area contributed by atoms with Crippen LogP contribution in [0, 0.1) is 11.8 Å². The topological polar surface area (TPSA) is 135 Å². The Hall–Kier alpha value is -4.00. The maximum Gasteiger partial charge on any atom is 0.313 e. The molecule has 47 heavy (non-hydrogen) atoms. The number of nitrogens with one attached hydrogen (secondary N) is 1. The Labute approximate surface area is 281 Å². The number of benzene rings is 2. The van der Waals surface area contributed by atoms with E-state index in [0.717, 1.165) is 5.56 Å². The van der Waals surface area contributed by atoms with Crippen molar-refractivity contribution in [1.82, 2.24) is 10.2 Å². The lowest BCUT2D eigenvalue weighted by Crippen LogP contribution is -2.59. The first kappa shape index (κ1) is 32.9. The lowest BCUT2D eigenvalue weighted by Gasteiger charge is -2.38. The van der Waals surface area contributed by atoms with Gasteiger partial charge in [0.25, 0.3) is 5.91 Å². The number of allylic oxidation sites excluding steroid dienone is 1. The molecule has 2 N–H and O–H groups in total. The molecule has 11 nitrogen and oxygen atoms in total. The third kappa shape index (κ3) is 6.10. The monoisotopic (exact) mass is 707 g/mol. The van der Waals surface area contributed by atoms with Gasteiger partial charge in [-0.1, -0.05) is 58.4 Å². The molecule has 3 amide bonds. The molecular weight excluding hydrogens is 670 g/mol. The molecule has 6 rings (SSSR count). The molecule has 0 saturated carbocycles. The molecule has 0 radical (unpaired) electrons. The predicted molar refractivity (Wildman–Crippen MR) is 176 cm³/mol. The van der Waals surface area contributed by atoms with Crippen molar-refractivity contribution >= 4 is 45.3 Å². The first-order chi connectivity index (χ1) is 22.7. The Morgan fingerprint density at radius 1 is 1.06 bits per heavy atom. The van der Waals surface area contributed by atoms with E-state index in [1.165, 1.54) is 4.90 Å². The van der Waals surface area contributed by atoms with Gasteiger partial charge in [0.2, 0.25) is 11.8 Å². The number of methoxy groups -OCH3 is 1. The van der Waals surface area contributed by atoms with Crippen molar-refractivity contribution in [2.45, 2.75) is 56.1 Å². The van der Waals surface area contributed by atoms with Crippen molar-refractivity contribution in [3.05, 3.63) is 82.9 Å². The third-order valence-electron chi connectivity index (χ3n) is 9.34. The lowest BCUT2D eigenvalue weighted by molar-refractivity contribution is -0.159. The van der Waals surface area contributed by atoms with Crippen molar-refractivity contribution in [3.63, 3.8) is 0 Å². The van der Waals surface area contributed by atoms with Crippen LogP contribution in [0.5, 0.6) is 5.75 Å². The summed E-state index contributed by atoms with van der Waals surface area (Å²) in [4.78, 5) is 59.1. The number of ether oxygens (including phenoxy) is 3. The van der Waals surface area contributed by atoms with E-state index >= 15 is 4.79 Å². The van der Waals surface area contributed by atoms with Crippen LogP contribution in [0.25, 0.3) is 0 Å². The molecule has 7 atom stereocenters. The number of aliphatic hydroxyl groups excluding tert-OH is 1. The Morgan fingerprint density at radius 3 is 2.51 bits per heavy atom. The Bertz CT molecular complexity index is 1580. The number of fused-ring (bicyclic) bond motifs is 2. The predicted octanol–water partition coefficient (Wildman–Crippen LogP) is 2.90. The number of rotatable bonds is 6. The van der Waals surface area contributed by atoms with Crippen molar-refractivity contribution in [2.24, 2.45) is 11.8 Å². The van der Waals surface area contributed by atoms with E-state index in [-0.39, 0.29) is 31.8 Å². The van der Waals surface area contributed by atoms with Gasteiger partial charge in [0.15, 0.2) is 0 Å². The van der Waals surface area contributed by atoms with Crippen LogP contribution in [-0.2, 0) is 35.1 Å². The smallest absolute Gasteiger partial charge is 0.313 e. The zero-order chi connectivity index (χ0) is 33.3. The minimum absolute atomic E-state index is 0.107. The number of likely N-dealkylation sites (tertiary alicyclic amines) is 1. The minimum Gasteiger partial charge on any atom is -0.497 e. The summed E-state index contributed by atoms with van der Waals surface area (Å²) in [6, 6.07) is 14.4. The number of amides is 3. The van der Waals surface area contributed by atoms with Gasteiger partial charge in [-0.25, -0.2) is 0 Å². The maximum atomic E-state index is 15.1. The number of hydrogen-bond acceptors (Lipinski definition) is 8. The number of nitrogens with zero attached hydrogens (tertiary/aromatic N) is 2. The molecule has 2 saturated heterocycles. The van der Waals surface area contributed by atoms with Gasteiger partial charge >= 0.3 is 5.97 Å². The normalized spacial score (nSPS) is 30.8. The highest BCUT2D eigenvalue weighted by atomic mass is 79.9. The molecule has 1 spiro atoms. The number of carbonyl (C=O) groups excluding carboxylic acids is 4. The molecule has 0 aliphatic carbocycles. The second-order valence-electron chi connectivity index (χ2n) is 12.3. The Kier molecular flexibility index (Phi) is 9.54. The molecule has 2 aromatic rings. The fraction of sp³-hybridized carbons (Fsp3) is 0.429. The highest BCUT2D eigenvalue weighted by Gasteiger charge is 2.75. The van der Waals surface area contributed by atoms with Gasteiger partial charge in [0.05, 0.1) is 32.2 Å². The fourth-order valence-electron chi connectivity index (χ4n) is 7.15. The quantitative estimate of drug-likeness (QED) is 0.346. The van der Waals surface area contributed by atoms with Crippen LogP contribution >= 0.6 is 15.9 Å². The Balaban J connectivity index is 1.48.